The van der Waals surface area contributed by atoms with Crippen LogP contribution in [-0.2, 0) is 0 Å². The lowest BCUT2D eigenvalue weighted by Crippen LogP contribution is -2.23. The van der Waals surface area contributed by atoms with E-state index >= 15 is 0 Å². The second kappa shape index (κ2) is 8.31. The van der Waals surface area contributed by atoms with Gasteiger partial charge in [0.15, 0.2) is 10.9 Å². The molecule has 144 valence electrons. The van der Waals surface area contributed by atoms with Gasteiger partial charge in [-0.25, -0.2) is 14.5 Å². The lowest BCUT2D eigenvalue weighted by Gasteiger charge is -2.12. The van der Waals surface area contributed by atoms with Crippen molar-refractivity contribution in [1.29, 1.82) is 0 Å². The van der Waals surface area contributed by atoms with Crippen LogP contribution in [0.2, 0.25) is 0 Å². The minimum Gasteiger partial charge on any atom is -0.293 e. The number of rotatable bonds is 5. The number of halogens is 1. The van der Waals surface area contributed by atoms with E-state index in [1.807, 2.05) is 37.3 Å². The highest BCUT2D eigenvalue weighted by Crippen LogP contribution is 2.22. The molecule has 5 nitrogen and oxygen atoms in total. The molecular weight excluding hydrogens is 450 g/mol. The van der Waals surface area contributed by atoms with Gasteiger partial charge in [0.1, 0.15) is 5.82 Å². The number of para-hydroxylation sites is 1. The van der Waals surface area contributed by atoms with Crippen LogP contribution < -0.4 is 5.56 Å². The van der Waals surface area contributed by atoms with Crippen LogP contribution >= 0.6 is 27.7 Å². The summed E-state index contributed by atoms with van der Waals surface area (Å²) in [5.74, 6) is 0.615. The monoisotopic (exact) mass is 465 g/mol. The van der Waals surface area contributed by atoms with Gasteiger partial charge in [-0.15, -0.1) is 0 Å². The molecule has 0 aliphatic heterocycles. The van der Waals surface area contributed by atoms with Gasteiger partial charge >= 0.3 is 0 Å². The number of nitrogens with zero attached hydrogens (tertiary/aromatic N) is 3. The lowest BCUT2D eigenvalue weighted by atomic mass is 10.2. The molecule has 0 unspecified atom stereocenters. The third-order valence-electron chi connectivity index (χ3n) is 4.37. The van der Waals surface area contributed by atoms with Gasteiger partial charge in [0.05, 0.1) is 16.7 Å². The fourth-order valence-electron chi connectivity index (χ4n) is 2.85. The van der Waals surface area contributed by atoms with Crippen molar-refractivity contribution in [2.24, 2.45) is 0 Å². The molecule has 29 heavy (non-hydrogen) atoms. The van der Waals surface area contributed by atoms with Gasteiger partial charge in [-0.2, -0.15) is 0 Å². The second-order valence-corrected chi connectivity index (χ2v) is 8.32. The molecule has 4 rings (SSSR count). The van der Waals surface area contributed by atoms with Crippen molar-refractivity contribution in [2.75, 3.05) is 5.75 Å². The summed E-state index contributed by atoms with van der Waals surface area (Å²) in [4.78, 5) is 34.8. The molecule has 0 fully saturated rings. The van der Waals surface area contributed by atoms with Crippen LogP contribution in [0.3, 0.4) is 0 Å². The number of Topliss-reactive ketones (excluding diaryl/α,β-unsaturated/α-hetero) is 1. The van der Waals surface area contributed by atoms with Crippen molar-refractivity contribution in [3.05, 3.63) is 92.8 Å². The molecule has 0 saturated heterocycles. The van der Waals surface area contributed by atoms with E-state index in [9.17, 15) is 9.59 Å². The van der Waals surface area contributed by atoms with Gasteiger partial charge in [0, 0.05) is 16.2 Å². The number of carbonyl (C=O) groups is 1. The standard InChI is InChI=1S/C22H16BrN3O2S/c1-14-6-11-20(24-12-14)26-21(28)17-4-2-3-5-18(17)25-22(26)29-13-19(27)15-7-9-16(23)10-8-15/h2-12H,13H2,1H3. The van der Waals surface area contributed by atoms with Crippen molar-refractivity contribution >= 4 is 44.4 Å². The maximum absolute atomic E-state index is 13.2. The number of hydrogen-bond acceptors (Lipinski definition) is 5. The van der Waals surface area contributed by atoms with Crippen molar-refractivity contribution in [3.63, 3.8) is 0 Å². The number of fused-ring (bicyclic) bond motifs is 1. The van der Waals surface area contributed by atoms with Crippen molar-refractivity contribution in [1.82, 2.24) is 14.5 Å². The van der Waals surface area contributed by atoms with Crippen LogP contribution in [0, 0.1) is 6.92 Å². The number of carbonyl (C=O) groups excluding carboxylic acids is 1. The number of pyridine rings is 1. The Bertz CT molecular complexity index is 1250. The van der Waals surface area contributed by atoms with Gasteiger partial charge in [-0.3, -0.25) is 9.59 Å². The smallest absolute Gasteiger partial charge is 0.267 e. The largest absolute Gasteiger partial charge is 0.293 e. The zero-order valence-electron chi connectivity index (χ0n) is 15.5. The van der Waals surface area contributed by atoms with Crippen molar-refractivity contribution in [3.8, 4) is 5.82 Å². The molecule has 0 saturated carbocycles. The van der Waals surface area contributed by atoms with E-state index in [1.54, 1.807) is 36.5 Å². The van der Waals surface area contributed by atoms with Gasteiger partial charge in [-0.05, 0) is 42.8 Å². The summed E-state index contributed by atoms with van der Waals surface area (Å²) in [6.45, 7) is 1.94. The highest BCUT2D eigenvalue weighted by molar-refractivity contribution is 9.10. The summed E-state index contributed by atoms with van der Waals surface area (Å²) in [5, 5.41) is 0.953. The number of benzene rings is 2. The fraction of sp³-hybridized carbons (Fsp3) is 0.0909. The Hall–Kier alpha value is -2.77. The minimum absolute atomic E-state index is 0.0340. The normalized spacial score (nSPS) is 11.0. The van der Waals surface area contributed by atoms with Crippen molar-refractivity contribution < 1.29 is 4.79 Å². The first-order valence-corrected chi connectivity index (χ1v) is 10.7. The Morgan fingerprint density at radius 2 is 1.83 bits per heavy atom. The zero-order valence-corrected chi connectivity index (χ0v) is 17.9. The van der Waals surface area contributed by atoms with Crippen LogP contribution in [-0.4, -0.2) is 26.1 Å². The SMILES string of the molecule is Cc1ccc(-n2c(SCC(=O)c3ccc(Br)cc3)nc3ccccc3c2=O)nc1. The van der Waals surface area contributed by atoms with E-state index in [0.29, 0.717) is 27.4 Å². The molecule has 2 heterocycles. The van der Waals surface area contributed by atoms with Gasteiger partial charge in [-0.1, -0.05) is 58.0 Å². The third kappa shape index (κ3) is 4.16. The Kier molecular flexibility index (Phi) is 5.60. The van der Waals surface area contributed by atoms with Crippen LogP contribution in [0.4, 0.5) is 0 Å². The molecule has 7 heteroatoms. The number of thioether (sulfide) groups is 1. The zero-order chi connectivity index (χ0) is 20.4. The number of aryl methyl sites for hydroxylation is 1. The number of ketones is 1. The quantitative estimate of drug-likeness (QED) is 0.240. The Morgan fingerprint density at radius 1 is 1.07 bits per heavy atom. The van der Waals surface area contributed by atoms with Gasteiger partial charge in [0.25, 0.3) is 5.56 Å². The van der Waals surface area contributed by atoms with Crippen LogP contribution in [0.5, 0.6) is 0 Å². The first kappa shape index (κ1) is 19.5. The molecule has 0 aliphatic rings. The molecule has 0 aliphatic carbocycles. The molecule has 0 atom stereocenters. The van der Waals surface area contributed by atoms with Gasteiger partial charge < -0.3 is 0 Å². The average molecular weight is 466 g/mol. The minimum atomic E-state index is -0.203. The highest BCUT2D eigenvalue weighted by atomic mass is 79.9. The summed E-state index contributed by atoms with van der Waals surface area (Å²) in [5.41, 5.74) is 2.00. The van der Waals surface area contributed by atoms with E-state index < -0.39 is 0 Å². The molecule has 0 N–H and O–H groups in total. The number of aromatic nitrogens is 3. The Balaban J connectivity index is 1.75. The van der Waals surface area contributed by atoms with E-state index in [1.165, 1.54) is 16.3 Å². The highest BCUT2D eigenvalue weighted by Gasteiger charge is 2.16. The Labute approximate surface area is 180 Å². The first-order valence-electron chi connectivity index (χ1n) is 8.89. The molecular formula is C22H16BrN3O2S. The molecule has 0 radical (unpaired) electrons. The summed E-state index contributed by atoms with van der Waals surface area (Å²) in [7, 11) is 0. The molecule has 4 aromatic rings. The fourth-order valence-corrected chi connectivity index (χ4v) is 4.01. The van der Waals surface area contributed by atoms with E-state index in [2.05, 4.69) is 25.9 Å². The average Bonchev–Trinajstić information content (AvgIpc) is 2.73. The first-order chi connectivity index (χ1) is 14.0. The van der Waals surface area contributed by atoms with Gasteiger partial charge in [0.2, 0.25) is 0 Å². The molecule has 0 amide bonds. The van der Waals surface area contributed by atoms with Crippen LogP contribution in [0.15, 0.2) is 81.3 Å². The van der Waals surface area contributed by atoms with E-state index in [4.69, 9.17) is 0 Å². The predicted octanol–water partition coefficient (Wildman–Crippen LogP) is 4.83. The molecule has 0 bridgehead atoms. The summed E-state index contributed by atoms with van der Waals surface area (Å²) in [6, 6.07) is 18.1. The lowest BCUT2D eigenvalue weighted by molar-refractivity contribution is 0.102. The summed E-state index contributed by atoms with van der Waals surface area (Å²) < 4.78 is 2.39. The predicted molar refractivity (Wildman–Crippen MR) is 119 cm³/mol. The van der Waals surface area contributed by atoms with Crippen LogP contribution in [0.25, 0.3) is 16.7 Å². The van der Waals surface area contributed by atoms with E-state index in [-0.39, 0.29) is 17.1 Å². The molecule has 2 aromatic heterocycles. The maximum atomic E-state index is 13.2. The maximum Gasteiger partial charge on any atom is 0.267 e. The van der Waals surface area contributed by atoms with E-state index in [0.717, 1.165) is 10.0 Å². The Morgan fingerprint density at radius 3 is 2.55 bits per heavy atom. The van der Waals surface area contributed by atoms with Crippen molar-refractivity contribution in [2.45, 2.75) is 12.1 Å². The molecule has 0 spiro atoms. The third-order valence-corrected chi connectivity index (χ3v) is 5.84. The van der Waals surface area contributed by atoms with Crippen LogP contribution in [0.1, 0.15) is 15.9 Å². The molecule has 2 aromatic carbocycles. The second-order valence-electron chi connectivity index (χ2n) is 6.46. The summed E-state index contributed by atoms with van der Waals surface area (Å²) in [6.07, 6.45) is 1.71. The topological polar surface area (TPSA) is 64.8 Å². The summed E-state index contributed by atoms with van der Waals surface area (Å²) >= 11 is 4.60. The number of hydrogen-bond donors (Lipinski definition) is 0.